The molecule has 1 aromatic rings. The van der Waals surface area contributed by atoms with Crippen LogP contribution in [0.25, 0.3) is 0 Å². The average molecular weight is 356 g/mol. The molecule has 0 aliphatic carbocycles. The second-order valence-electron chi connectivity index (χ2n) is 3.67. The van der Waals surface area contributed by atoms with E-state index in [0.29, 0.717) is 12.3 Å². The van der Waals surface area contributed by atoms with Gasteiger partial charge in [-0.25, -0.2) is 8.78 Å². The van der Waals surface area contributed by atoms with Gasteiger partial charge in [0, 0.05) is 6.20 Å². The van der Waals surface area contributed by atoms with E-state index in [-0.39, 0.29) is 30.5 Å². The lowest BCUT2D eigenvalue weighted by Crippen LogP contribution is -2.41. The van der Waals surface area contributed by atoms with Crippen LogP contribution >= 0.6 is 24.8 Å². The Kier molecular flexibility index (Phi) is 8.73. The zero-order valence-corrected chi connectivity index (χ0v) is 11.9. The van der Waals surface area contributed by atoms with E-state index in [9.17, 15) is 26.7 Å². The van der Waals surface area contributed by atoms with E-state index >= 15 is 0 Å². The number of hydrogen-bond donors (Lipinski definition) is 2. The van der Waals surface area contributed by atoms with E-state index in [4.69, 9.17) is 5.73 Å². The highest BCUT2D eigenvalue weighted by molar-refractivity contribution is 5.92. The second kappa shape index (κ2) is 8.30. The number of carbonyl (C=O) groups is 1. The van der Waals surface area contributed by atoms with E-state index in [1.54, 1.807) is 0 Å². The fourth-order valence-electron chi connectivity index (χ4n) is 1.07. The molecular weight excluding hydrogens is 344 g/mol. The lowest BCUT2D eigenvalue weighted by atomic mass is 10.2. The van der Waals surface area contributed by atoms with Crippen molar-refractivity contribution < 1.29 is 26.7 Å². The summed E-state index contributed by atoms with van der Waals surface area (Å²) >= 11 is 0. The zero-order valence-electron chi connectivity index (χ0n) is 10.3. The van der Waals surface area contributed by atoms with Crippen molar-refractivity contribution in [3.05, 3.63) is 29.6 Å². The molecule has 1 heterocycles. The predicted molar refractivity (Wildman–Crippen MR) is 70.1 cm³/mol. The van der Waals surface area contributed by atoms with Gasteiger partial charge >= 0.3 is 6.18 Å². The summed E-state index contributed by atoms with van der Waals surface area (Å²) in [4.78, 5) is 14.6. The summed E-state index contributed by atoms with van der Waals surface area (Å²) in [6.07, 6.45) is -4.12. The Balaban J connectivity index is 0. The number of nitrogens with one attached hydrogen (secondary N) is 1. The number of aromatic nitrogens is 1. The van der Waals surface area contributed by atoms with Crippen molar-refractivity contribution in [2.24, 2.45) is 5.73 Å². The van der Waals surface area contributed by atoms with E-state index in [0.717, 1.165) is 6.07 Å². The fraction of sp³-hybridized carbons (Fsp3) is 0.400. The van der Waals surface area contributed by atoms with Crippen LogP contribution in [0.2, 0.25) is 0 Å². The van der Waals surface area contributed by atoms with E-state index in [1.807, 2.05) is 5.32 Å². The highest BCUT2D eigenvalue weighted by atomic mass is 35.5. The first-order chi connectivity index (χ1) is 8.65. The molecule has 0 spiro atoms. The molecule has 0 saturated carbocycles. The molecule has 0 unspecified atom stereocenters. The summed E-state index contributed by atoms with van der Waals surface area (Å²) in [6.45, 7) is -1.96. The molecule has 1 rings (SSSR count). The van der Waals surface area contributed by atoms with Gasteiger partial charge in [-0.05, 0) is 12.1 Å². The molecule has 122 valence electrons. The Hall–Kier alpha value is -1.19. The maximum absolute atomic E-state index is 12.7. The van der Waals surface area contributed by atoms with Crippen LogP contribution in [0.1, 0.15) is 16.1 Å². The van der Waals surface area contributed by atoms with Gasteiger partial charge in [0.1, 0.15) is 5.69 Å². The Labute approximate surface area is 129 Å². The monoisotopic (exact) mass is 355 g/mol. The topological polar surface area (TPSA) is 68.0 Å². The van der Waals surface area contributed by atoms with Gasteiger partial charge in [0.25, 0.3) is 11.8 Å². The molecule has 0 fully saturated rings. The molecule has 4 nitrogen and oxygen atoms in total. The lowest BCUT2D eigenvalue weighted by Gasteiger charge is -2.14. The average Bonchev–Trinajstić information content (AvgIpc) is 2.35. The van der Waals surface area contributed by atoms with Crippen LogP contribution in [0.15, 0.2) is 18.3 Å². The first kappa shape index (κ1) is 22.1. The fourth-order valence-corrected chi connectivity index (χ4v) is 1.07. The number of nitrogens with zero attached hydrogens (tertiary/aromatic N) is 1. The Morgan fingerprint density at radius 3 is 2.14 bits per heavy atom. The number of amides is 1. The summed E-state index contributed by atoms with van der Waals surface area (Å²) in [5, 5.41) is 1.84. The minimum Gasteiger partial charge on any atom is -0.345 e. The summed E-state index contributed by atoms with van der Waals surface area (Å²) in [5.74, 6) is -4.27. The van der Waals surface area contributed by atoms with Gasteiger partial charge in [-0.1, -0.05) is 0 Å². The standard InChI is InChI=1S/C10H10F5N3O.2ClH/c11-9(12,4-16)5-18-8(19)7-2-1-6(3-17-7)10(13,14)15;;/h1-3H,4-5,16H2,(H,18,19);2*1H. The van der Waals surface area contributed by atoms with Crippen LogP contribution in [0.5, 0.6) is 0 Å². The van der Waals surface area contributed by atoms with Crippen LogP contribution in [0.3, 0.4) is 0 Å². The zero-order chi connectivity index (χ0) is 14.7. The van der Waals surface area contributed by atoms with E-state index < -0.39 is 36.7 Å². The summed E-state index contributed by atoms with van der Waals surface area (Å²) in [5.41, 5.74) is 3.34. The molecule has 0 aliphatic heterocycles. The second-order valence-corrected chi connectivity index (χ2v) is 3.67. The normalized spacial score (nSPS) is 11.1. The maximum Gasteiger partial charge on any atom is 0.417 e. The maximum atomic E-state index is 12.7. The number of pyridine rings is 1. The van der Waals surface area contributed by atoms with Crippen molar-refractivity contribution >= 4 is 30.7 Å². The van der Waals surface area contributed by atoms with Crippen LogP contribution in [0.4, 0.5) is 22.0 Å². The molecule has 1 aromatic heterocycles. The van der Waals surface area contributed by atoms with Gasteiger partial charge in [0.2, 0.25) is 0 Å². The van der Waals surface area contributed by atoms with Crippen molar-refractivity contribution in [2.75, 3.05) is 13.1 Å². The van der Waals surface area contributed by atoms with Crippen molar-refractivity contribution in [2.45, 2.75) is 12.1 Å². The third-order valence-electron chi connectivity index (χ3n) is 2.13. The van der Waals surface area contributed by atoms with Gasteiger partial charge < -0.3 is 11.1 Å². The van der Waals surface area contributed by atoms with Gasteiger partial charge in [-0.3, -0.25) is 9.78 Å². The van der Waals surface area contributed by atoms with Gasteiger partial charge in [-0.15, -0.1) is 24.8 Å². The summed E-state index contributed by atoms with van der Waals surface area (Å²) < 4.78 is 62.1. The largest absolute Gasteiger partial charge is 0.417 e. The molecule has 0 atom stereocenters. The molecule has 3 N–H and O–H groups in total. The highest BCUT2D eigenvalue weighted by Gasteiger charge is 2.31. The summed E-state index contributed by atoms with van der Waals surface area (Å²) in [7, 11) is 0. The van der Waals surface area contributed by atoms with Gasteiger partial charge in [0.05, 0.1) is 18.7 Å². The Bertz CT molecular complexity index is 453. The van der Waals surface area contributed by atoms with Gasteiger partial charge in [-0.2, -0.15) is 13.2 Å². The van der Waals surface area contributed by atoms with Crippen LogP contribution in [-0.4, -0.2) is 29.9 Å². The van der Waals surface area contributed by atoms with Crippen LogP contribution < -0.4 is 11.1 Å². The molecular formula is C10H12Cl2F5N3O. The van der Waals surface area contributed by atoms with Crippen molar-refractivity contribution in [1.82, 2.24) is 10.3 Å². The number of hydrogen-bond acceptors (Lipinski definition) is 3. The minimum atomic E-state index is -4.57. The SMILES string of the molecule is Cl.Cl.NCC(F)(F)CNC(=O)c1ccc(C(F)(F)F)cn1. The number of halogens is 7. The molecule has 1 amide bonds. The Morgan fingerprint density at radius 2 is 1.76 bits per heavy atom. The van der Waals surface area contributed by atoms with Crippen LogP contribution in [-0.2, 0) is 6.18 Å². The number of carbonyl (C=O) groups excluding carboxylic acids is 1. The van der Waals surface area contributed by atoms with Crippen molar-refractivity contribution in [1.29, 1.82) is 0 Å². The minimum absolute atomic E-state index is 0. The molecule has 0 aromatic carbocycles. The number of nitrogens with two attached hydrogens (primary N) is 1. The molecule has 0 aliphatic rings. The molecule has 0 bridgehead atoms. The number of alkyl halides is 5. The van der Waals surface area contributed by atoms with Crippen molar-refractivity contribution in [3.8, 4) is 0 Å². The molecule has 0 radical (unpaired) electrons. The van der Waals surface area contributed by atoms with E-state index in [2.05, 4.69) is 4.98 Å². The van der Waals surface area contributed by atoms with Crippen molar-refractivity contribution in [3.63, 3.8) is 0 Å². The van der Waals surface area contributed by atoms with E-state index in [1.165, 1.54) is 0 Å². The molecule has 11 heteroatoms. The Morgan fingerprint density at radius 1 is 1.19 bits per heavy atom. The van der Waals surface area contributed by atoms with Crippen LogP contribution in [0, 0.1) is 0 Å². The quantitative estimate of drug-likeness (QED) is 0.814. The molecule has 0 saturated heterocycles. The first-order valence-electron chi connectivity index (χ1n) is 5.05. The third-order valence-corrected chi connectivity index (χ3v) is 2.13. The summed E-state index contributed by atoms with van der Waals surface area (Å²) in [6, 6.07) is 1.45. The molecule has 21 heavy (non-hydrogen) atoms. The predicted octanol–water partition coefficient (Wildman–Crippen LogP) is 2.27. The number of rotatable bonds is 4. The van der Waals surface area contributed by atoms with Gasteiger partial charge in [0.15, 0.2) is 0 Å². The highest BCUT2D eigenvalue weighted by Crippen LogP contribution is 2.28. The smallest absolute Gasteiger partial charge is 0.345 e. The third kappa shape index (κ3) is 6.87. The first-order valence-corrected chi connectivity index (χ1v) is 5.05. The lowest BCUT2D eigenvalue weighted by molar-refractivity contribution is -0.137.